The minimum atomic E-state index is -0.286. The van der Waals surface area contributed by atoms with Gasteiger partial charge < -0.3 is 9.64 Å². The molecule has 1 aromatic rings. The molecular weight excluding hydrogens is 220 g/mol. The Kier molecular flexibility index (Phi) is 4.88. The van der Waals surface area contributed by atoms with Gasteiger partial charge in [-0.2, -0.15) is 10.4 Å². The Morgan fingerprint density at radius 1 is 1.65 bits per heavy atom. The lowest BCUT2D eigenvalue weighted by molar-refractivity contribution is -0.140. The maximum absolute atomic E-state index is 11.1. The predicted octanol–water partition coefficient (Wildman–Crippen LogP) is 0.738. The van der Waals surface area contributed by atoms with Gasteiger partial charge in [-0.05, 0) is 13.0 Å². The Balaban J connectivity index is 2.80. The molecular formula is C11H14N4O2. The van der Waals surface area contributed by atoms with Gasteiger partial charge in [0.15, 0.2) is 5.82 Å². The van der Waals surface area contributed by atoms with Gasteiger partial charge in [0.25, 0.3) is 0 Å². The van der Waals surface area contributed by atoms with Crippen molar-refractivity contribution in [2.75, 3.05) is 25.1 Å². The zero-order chi connectivity index (χ0) is 12.7. The van der Waals surface area contributed by atoms with E-state index >= 15 is 0 Å². The second kappa shape index (κ2) is 6.43. The van der Waals surface area contributed by atoms with Crippen molar-refractivity contribution in [1.29, 1.82) is 5.26 Å². The molecule has 0 spiro atoms. The number of ether oxygens (including phenoxy) is 1. The van der Waals surface area contributed by atoms with Crippen molar-refractivity contribution in [3.05, 3.63) is 17.8 Å². The molecule has 1 rings (SSSR count). The van der Waals surface area contributed by atoms with E-state index in [1.165, 1.54) is 13.3 Å². The average Bonchev–Trinajstić information content (AvgIpc) is 2.39. The maximum Gasteiger partial charge on any atom is 0.307 e. The molecule has 0 saturated heterocycles. The van der Waals surface area contributed by atoms with Crippen molar-refractivity contribution in [3.8, 4) is 6.07 Å². The van der Waals surface area contributed by atoms with E-state index in [-0.39, 0.29) is 12.4 Å². The summed E-state index contributed by atoms with van der Waals surface area (Å²) in [6, 6.07) is 3.65. The van der Waals surface area contributed by atoms with Gasteiger partial charge in [-0.1, -0.05) is 0 Å². The number of carbonyl (C=O) groups is 1. The van der Waals surface area contributed by atoms with Crippen LogP contribution in [0.25, 0.3) is 0 Å². The molecule has 0 radical (unpaired) electrons. The third-order valence-electron chi connectivity index (χ3n) is 2.32. The number of rotatable bonds is 5. The van der Waals surface area contributed by atoms with E-state index in [0.717, 1.165) is 0 Å². The first kappa shape index (κ1) is 12.9. The number of anilines is 1. The normalized spacial score (nSPS) is 9.47. The second-order valence-electron chi connectivity index (χ2n) is 3.29. The smallest absolute Gasteiger partial charge is 0.307 e. The van der Waals surface area contributed by atoms with Gasteiger partial charge in [0.1, 0.15) is 6.07 Å². The van der Waals surface area contributed by atoms with Crippen LogP contribution in [0.15, 0.2) is 12.3 Å². The maximum atomic E-state index is 11.1. The summed E-state index contributed by atoms with van der Waals surface area (Å²) < 4.78 is 4.57. The highest BCUT2D eigenvalue weighted by Crippen LogP contribution is 2.15. The molecule has 17 heavy (non-hydrogen) atoms. The summed E-state index contributed by atoms with van der Waals surface area (Å²) in [4.78, 5) is 12.9. The van der Waals surface area contributed by atoms with Crippen molar-refractivity contribution < 1.29 is 9.53 Å². The third kappa shape index (κ3) is 3.41. The molecule has 0 N–H and O–H groups in total. The first-order valence-electron chi connectivity index (χ1n) is 5.26. The van der Waals surface area contributed by atoms with Gasteiger partial charge in [0.05, 0.1) is 25.3 Å². The number of hydrogen-bond donors (Lipinski definition) is 0. The van der Waals surface area contributed by atoms with Gasteiger partial charge in [-0.15, -0.1) is 5.10 Å². The van der Waals surface area contributed by atoms with Crippen LogP contribution in [0, 0.1) is 11.3 Å². The largest absolute Gasteiger partial charge is 0.469 e. The van der Waals surface area contributed by atoms with Crippen molar-refractivity contribution in [2.45, 2.75) is 13.3 Å². The van der Waals surface area contributed by atoms with Crippen LogP contribution in [-0.2, 0) is 9.53 Å². The number of methoxy groups -OCH3 is 1. The van der Waals surface area contributed by atoms with Gasteiger partial charge in [0, 0.05) is 13.1 Å². The number of nitriles is 1. The summed E-state index contributed by atoms with van der Waals surface area (Å²) >= 11 is 0. The quantitative estimate of drug-likeness (QED) is 0.699. The molecule has 0 bridgehead atoms. The van der Waals surface area contributed by atoms with Crippen LogP contribution in [0.3, 0.4) is 0 Å². The Hall–Kier alpha value is -2.16. The van der Waals surface area contributed by atoms with Crippen LogP contribution < -0.4 is 4.90 Å². The Labute approximate surface area is 99.8 Å². The number of carbonyl (C=O) groups excluding carboxylic acids is 1. The molecule has 0 aliphatic heterocycles. The van der Waals surface area contributed by atoms with Crippen molar-refractivity contribution >= 4 is 11.8 Å². The topological polar surface area (TPSA) is 79.1 Å². The standard InChI is InChI=1S/C11H14N4O2/c1-3-15(7-5-10(16)17-2)11-9(8-12)4-6-13-14-11/h4,6H,3,5,7H2,1-2H3. The van der Waals surface area contributed by atoms with E-state index in [4.69, 9.17) is 5.26 Å². The molecule has 0 fully saturated rings. The molecule has 0 saturated carbocycles. The van der Waals surface area contributed by atoms with Gasteiger partial charge in [-0.25, -0.2) is 0 Å². The third-order valence-corrected chi connectivity index (χ3v) is 2.32. The number of aromatic nitrogens is 2. The SMILES string of the molecule is CCN(CCC(=O)OC)c1nnccc1C#N. The zero-order valence-electron chi connectivity index (χ0n) is 9.88. The highest BCUT2D eigenvalue weighted by molar-refractivity contribution is 5.70. The van der Waals surface area contributed by atoms with Crippen LogP contribution in [0.1, 0.15) is 18.9 Å². The molecule has 0 aliphatic rings. The van der Waals surface area contributed by atoms with E-state index in [1.807, 2.05) is 11.8 Å². The van der Waals surface area contributed by atoms with Crippen molar-refractivity contribution in [3.63, 3.8) is 0 Å². The fraction of sp³-hybridized carbons (Fsp3) is 0.455. The summed E-state index contributed by atoms with van der Waals surface area (Å²) in [5, 5.41) is 16.6. The molecule has 0 amide bonds. The Bertz CT molecular complexity index is 428. The first-order chi connectivity index (χ1) is 8.22. The summed E-state index contributed by atoms with van der Waals surface area (Å²) in [5.74, 6) is 0.215. The van der Waals surface area contributed by atoms with E-state index in [1.54, 1.807) is 6.07 Å². The van der Waals surface area contributed by atoms with Crippen LogP contribution in [-0.4, -0.2) is 36.4 Å². The monoisotopic (exact) mass is 234 g/mol. The van der Waals surface area contributed by atoms with Gasteiger partial charge >= 0.3 is 5.97 Å². The van der Waals surface area contributed by atoms with Crippen molar-refractivity contribution in [1.82, 2.24) is 10.2 Å². The van der Waals surface area contributed by atoms with Crippen molar-refractivity contribution in [2.24, 2.45) is 0 Å². The lowest BCUT2D eigenvalue weighted by Crippen LogP contribution is -2.28. The molecule has 0 aliphatic carbocycles. The highest BCUT2D eigenvalue weighted by Gasteiger charge is 2.13. The number of hydrogen-bond acceptors (Lipinski definition) is 6. The van der Waals surface area contributed by atoms with Crippen LogP contribution in [0.2, 0.25) is 0 Å². The molecule has 0 unspecified atom stereocenters. The highest BCUT2D eigenvalue weighted by atomic mass is 16.5. The molecule has 90 valence electrons. The Morgan fingerprint density at radius 3 is 3.00 bits per heavy atom. The average molecular weight is 234 g/mol. The summed E-state index contributed by atoms with van der Waals surface area (Å²) in [6.45, 7) is 3.02. The minimum Gasteiger partial charge on any atom is -0.469 e. The summed E-state index contributed by atoms with van der Waals surface area (Å²) in [6.07, 6.45) is 1.72. The molecule has 6 heteroatoms. The van der Waals surface area contributed by atoms with E-state index in [9.17, 15) is 4.79 Å². The first-order valence-corrected chi connectivity index (χ1v) is 5.26. The lowest BCUT2D eigenvalue weighted by Gasteiger charge is -2.21. The minimum absolute atomic E-state index is 0.256. The molecule has 0 aromatic carbocycles. The molecule has 1 heterocycles. The van der Waals surface area contributed by atoms with Crippen LogP contribution >= 0.6 is 0 Å². The molecule has 6 nitrogen and oxygen atoms in total. The van der Waals surface area contributed by atoms with Gasteiger partial charge in [0.2, 0.25) is 0 Å². The molecule has 0 atom stereocenters. The number of esters is 1. The molecule has 1 aromatic heterocycles. The van der Waals surface area contributed by atoms with Crippen LogP contribution in [0.5, 0.6) is 0 Å². The lowest BCUT2D eigenvalue weighted by atomic mass is 10.2. The van der Waals surface area contributed by atoms with Crippen LogP contribution in [0.4, 0.5) is 5.82 Å². The van der Waals surface area contributed by atoms with E-state index in [2.05, 4.69) is 21.0 Å². The second-order valence-corrected chi connectivity index (χ2v) is 3.29. The Morgan fingerprint density at radius 2 is 2.41 bits per heavy atom. The van der Waals surface area contributed by atoms with E-state index in [0.29, 0.717) is 24.5 Å². The van der Waals surface area contributed by atoms with Gasteiger partial charge in [-0.3, -0.25) is 4.79 Å². The van der Waals surface area contributed by atoms with E-state index < -0.39 is 0 Å². The summed E-state index contributed by atoms with van der Waals surface area (Å²) in [5.41, 5.74) is 0.451. The fourth-order valence-electron chi connectivity index (χ4n) is 1.39. The zero-order valence-corrected chi connectivity index (χ0v) is 9.88. The predicted molar refractivity (Wildman–Crippen MR) is 61.3 cm³/mol. The number of nitrogens with zero attached hydrogens (tertiary/aromatic N) is 4. The fourth-order valence-corrected chi connectivity index (χ4v) is 1.39. The summed E-state index contributed by atoms with van der Waals surface area (Å²) in [7, 11) is 1.35.